The molecule has 0 aromatic heterocycles. The standard InChI is InChI=1S/C7H13Cl2N/c1-2-3-4-10-6-7(9)5-8/h4,7H,2-3,5-6H2,1H3. The van der Waals surface area contributed by atoms with Crippen molar-refractivity contribution in [2.75, 3.05) is 12.4 Å². The number of rotatable bonds is 5. The fourth-order valence-corrected chi connectivity index (χ4v) is 0.635. The van der Waals surface area contributed by atoms with Crippen LogP contribution in [0.25, 0.3) is 0 Å². The smallest absolute Gasteiger partial charge is 0.0666 e. The number of halogens is 2. The quantitative estimate of drug-likeness (QED) is 0.457. The van der Waals surface area contributed by atoms with Crippen molar-refractivity contribution in [2.24, 2.45) is 4.99 Å². The lowest BCUT2D eigenvalue weighted by atomic mass is 10.4. The van der Waals surface area contributed by atoms with Crippen LogP contribution in [0.1, 0.15) is 19.8 Å². The monoisotopic (exact) mass is 181 g/mol. The van der Waals surface area contributed by atoms with Gasteiger partial charge in [0, 0.05) is 5.88 Å². The predicted molar refractivity (Wildman–Crippen MR) is 48.6 cm³/mol. The molecule has 0 heterocycles. The number of aliphatic imine (C=N–C) groups is 1. The summed E-state index contributed by atoms with van der Waals surface area (Å²) in [5.74, 6) is 0.477. The predicted octanol–water partition coefficient (Wildman–Crippen LogP) is 2.70. The summed E-state index contributed by atoms with van der Waals surface area (Å²) in [6, 6.07) is 0. The van der Waals surface area contributed by atoms with Crippen LogP contribution in [0.3, 0.4) is 0 Å². The van der Waals surface area contributed by atoms with Crippen LogP contribution in [0.4, 0.5) is 0 Å². The van der Waals surface area contributed by atoms with Crippen LogP contribution >= 0.6 is 23.2 Å². The van der Waals surface area contributed by atoms with Crippen molar-refractivity contribution in [1.29, 1.82) is 0 Å². The second-order valence-corrected chi connectivity index (χ2v) is 3.01. The number of hydrogen-bond donors (Lipinski definition) is 0. The molecule has 3 heteroatoms. The Balaban J connectivity index is 3.16. The first-order valence-electron chi connectivity index (χ1n) is 3.49. The summed E-state index contributed by atoms with van der Waals surface area (Å²) in [5.41, 5.74) is 0. The van der Waals surface area contributed by atoms with Crippen LogP contribution in [0.15, 0.2) is 4.99 Å². The van der Waals surface area contributed by atoms with Crippen molar-refractivity contribution >= 4 is 29.4 Å². The van der Waals surface area contributed by atoms with Gasteiger partial charge in [0.2, 0.25) is 0 Å². The fourth-order valence-electron chi connectivity index (χ4n) is 0.458. The van der Waals surface area contributed by atoms with E-state index in [1.807, 2.05) is 6.21 Å². The molecule has 1 unspecified atom stereocenters. The fraction of sp³-hybridized carbons (Fsp3) is 0.857. The van der Waals surface area contributed by atoms with Gasteiger partial charge in [-0.2, -0.15) is 0 Å². The molecular formula is C7H13Cl2N. The second kappa shape index (κ2) is 7.36. The number of hydrogen-bond acceptors (Lipinski definition) is 1. The van der Waals surface area contributed by atoms with E-state index < -0.39 is 0 Å². The molecule has 0 aliphatic rings. The molecule has 0 amide bonds. The number of unbranched alkanes of at least 4 members (excludes halogenated alkanes) is 1. The Labute approximate surface area is 72.4 Å². The molecule has 0 radical (unpaired) electrons. The molecular weight excluding hydrogens is 169 g/mol. The lowest BCUT2D eigenvalue weighted by Crippen LogP contribution is -2.04. The van der Waals surface area contributed by atoms with E-state index in [1.54, 1.807) is 0 Å². The van der Waals surface area contributed by atoms with Crippen LogP contribution < -0.4 is 0 Å². The summed E-state index contributed by atoms with van der Waals surface area (Å²) in [5, 5.41) is -0.00484. The largest absolute Gasteiger partial charge is 0.296 e. The Morgan fingerprint density at radius 1 is 1.60 bits per heavy atom. The highest BCUT2D eigenvalue weighted by Crippen LogP contribution is 1.98. The van der Waals surface area contributed by atoms with E-state index in [-0.39, 0.29) is 5.38 Å². The first kappa shape index (κ1) is 10.2. The highest BCUT2D eigenvalue weighted by molar-refractivity contribution is 6.28. The van der Waals surface area contributed by atoms with Gasteiger partial charge in [-0.1, -0.05) is 13.3 Å². The van der Waals surface area contributed by atoms with Crippen molar-refractivity contribution in [3.8, 4) is 0 Å². The summed E-state index contributed by atoms with van der Waals surface area (Å²) >= 11 is 11.2. The molecule has 0 saturated heterocycles. The molecule has 0 fully saturated rings. The minimum atomic E-state index is -0.00484. The summed E-state index contributed by atoms with van der Waals surface area (Å²) in [6.07, 6.45) is 4.07. The third-order valence-corrected chi connectivity index (χ3v) is 1.84. The topological polar surface area (TPSA) is 12.4 Å². The highest BCUT2D eigenvalue weighted by Gasteiger charge is 1.97. The molecule has 0 aliphatic heterocycles. The van der Waals surface area contributed by atoms with E-state index in [2.05, 4.69) is 11.9 Å². The number of nitrogens with zero attached hydrogens (tertiary/aromatic N) is 1. The molecule has 0 saturated carbocycles. The Bertz CT molecular complexity index is 93.6. The normalized spacial score (nSPS) is 14.3. The van der Waals surface area contributed by atoms with Crippen LogP contribution in [-0.4, -0.2) is 24.0 Å². The molecule has 1 atom stereocenters. The summed E-state index contributed by atoms with van der Waals surface area (Å²) in [6.45, 7) is 2.76. The molecule has 0 rings (SSSR count). The number of alkyl halides is 2. The second-order valence-electron chi connectivity index (χ2n) is 2.09. The SMILES string of the molecule is CCCC=NCC(Cl)CCl. The van der Waals surface area contributed by atoms with Crippen LogP contribution in [0.5, 0.6) is 0 Å². The van der Waals surface area contributed by atoms with E-state index >= 15 is 0 Å². The molecule has 0 N–H and O–H groups in total. The van der Waals surface area contributed by atoms with Gasteiger partial charge in [-0.15, -0.1) is 23.2 Å². The Kier molecular flexibility index (Phi) is 7.54. The molecule has 0 aromatic rings. The van der Waals surface area contributed by atoms with Crippen molar-refractivity contribution in [3.05, 3.63) is 0 Å². The maximum Gasteiger partial charge on any atom is 0.0666 e. The molecule has 60 valence electrons. The van der Waals surface area contributed by atoms with Gasteiger partial charge < -0.3 is 0 Å². The van der Waals surface area contributed by atoms with E-state index in [4.69, 9.17) is 23.2 Å². The van der Waals surface area contributed by atoms with E-state index in [1.165, 1.54) is 0 Å². The minimum absolute atomic E-state index is 0.00484. The van der Waals surface area contributed by atoms with Crippen molar-refractivity contribution in [2.45, 2.75) is 25.1 Å². The maximum absolute atomic E-state index is 5.70. The van der Waals surface area contributed by atoms with Gasteiger partial charge in [0.15, 0.2) is 0 Å². The zero-order valence-electron chi connectivity index (χ0n) is 6.19. The molecule has 0 aromatic carbocycles. The van der Waals surface area contributed by atoms with Gasteiger partial charge in [-0.3, -0.25) is 4.99 Å². The average Bonchev–Trinajstić information content (AvgIpc) is 1.98. The van der Waals surface area contributed by atoms with Gasteiger partial charge in [-0.25, -0.2) is 0 Å². The molecule has 0 bridgehead atoms. The van der Waals surface area contributed by atoms with Crippen LogP contribution in [0, 0.1) is 0 Å². The van der Waals surface area contributed by atoms with Crippen molar-refractivity contribution in [3.63, 3.8) is 0 Å². The van der Waals surface area contributed by atoms with Gasteiger partial charge >= 0.3 is 0 Å². The third-order valence-electron chi connectivity index (χ3n) is 1.02. The first-order valence-corrected chi connectivity index (χ1v) is 4.46. The van der Waals surface area contributed by atoms with Crippen LogP contribution in [-0.2, 0) is 0 Å². The van der Waals surface area contributed by atoms with E-state index in [0.29, 0.717) is 12.4 Å². The molecule has 10 heavy (non-hydrogen) atoms. The van der Waals surface area contributed by atoms with Gasteiger partial charge in [0.05, 0.1) is 11.9 Å². The highest BCUT2D eigenvalue weighted by atomic mass is 35.5. The van der Waals surface area contributed by atoms with E-state index in [9.17, 15) is 0 Å². The van der Waals surface area contributed by atoms with Gasteiger partial charge in [-0.05, 0) is 12.6 Å². The summed E-state index contributed by atoms with van der Waals surface area (Å²) in [4.78, 5) is 4.09. The Morgan fingerprint density at radius 2 is 2.30 bits per heavy atom. The Hall–Kier alpha value is 0.250. The minimum Gasteiger partial charge on any atom is -0.296 e. The van der Waals surface area contributed by atoms with Crippen molar-refractivity contribution in [1.82, 2.24) is 0 Å². The van der Waals surface area contributed by atoms with Crippen LogP contribution in [0.2, 0.25) is 0 Å². The zero-order chi connectivity index (χ0) is 7.82. The Morgan fingerprint density at radius 3 is 2.80 bits per heavy atom. The first-order chi connectivity index (χ1) is 4.81. The maximum atomic E-state index is 5.70. The zero-order valence-corrected chi connectivity index (χ0v) is 7.70. The lowest BCUT2D eigenvalue weighted by Gasteiger charge is -1.97. The van der Waals surface area contributed by atoms with E-state index in [0.717, 1.165) is 12.8 Å². The molecule has 0 aliphatic carbocycles. The van der Waals surface area contributed by atoms with Gasteiger partial charge in [0.1, 0.15) is 0 Å². The third kappa shape index (κ3) is 6.37. The summed E-state index contributed by atoms with van der Waals surface area (Å²) in [7, 11) is 0. The summed E-state index contributed by atoms with van der Waals surface area (Å²) < 4.78 is 0. The molecule has 1 nitrogen and oxygen atoms in total. The van der Waals surface area contributed by atoms with Gasteiger partial charge in [0.25, 0.3) is 0 Å². The van der Waals surface area contributed by atoms with Crippen molar-refractivity contribution < 1.29 is 0 Å². The molecule has 0 spiro atoms. The lowest BCUT2D eigenvalue weighted by molar-refractivity contribution is 0.933. The average molecular weight is 182 g/mol.